The van der Waals surface area contributed by atoms with Crippen molar-refractivity contribution in [3.8, 4) is 17.2 Å². The highest BCUT2D eigenvalue weighted by Gasteiger charge is 2.30. The van der Waals surface area contributed by atoms with E-state index in [1.165, 1.54) is 25.6 Å². The van der Waals surface area contributed by atoms with Crippen molar-refractivity contribution in [3.05, 3.63) is 70.9 Å². The van der Waals surface area contributed by atoms with Gasteiger partial charge in [0.25, 0.3) is 0 Å². The molecule has 33 heavy (non-hydrogen) atoms. The van der Waals surface area contributed by atoms with Gasteiger partial charge < -0.3 is 23.7 Å². The van der Waals surface area contributed by atoms with Crippen molar-refractivity contribution < 1.29 is 31.3 Å². The number of rotatable bonds is 9. The van der Waals surface area contributed by atoms with Gasteiger partial charge in [0.05, 0.1) is 22.1 Å². The molecule has 0 aliphatic carbocycles. The Morgan fingerprint density at radius 1 is 1.21 bits per heavy atom. The van der Waals surface area contributed by atoms with E-state index in [2.05, 4.69) is 4.98 Å². The second kappa shape index (κ2) is 10.2. The molecule has 8 heteroatoms. The Hall–Kier alpha value is -3.20. The zero-order valence-electron chi connectivity index (χ0n) is 20.4. The Bertz CT molecular complexity index is 1320. The average molecular weight is 470 g/mol. The van der Waals surface area contributed by atoms with E-state index in [4.69, 9.17) is 21.4 Å². The second-order valence-electron chi connectivity index (χ2n) is 7.25. The number of aromatic nitrogens is 1. The summed E-state index contributed by atoms with van der Waals surface area (Å²) in [6, 6.07) is 14.3. The Balaban J connectivity index is 1.58. The molecule has 2 heterocycles. The van der Waals surface area contributed by atoms with Gasteiger partial charge in [0, 0.05) is 34.7 Å². The summed E-state index contributed by atoms with van der Waals surface area (Å²) >= 11 is 1.34. The van der Waals surface area contributed by atoms with Crippen LogP contribution in [0.4, 0.5) is 0 Å². The Labute approximate surface area is 198 Å². The summed E-state index contributed by atoms with van der Waals surface area (Å²) in [5, 5.41) is 13.2. The van der Waals surface area contributed by atoms with Crippen LogP contribution < -0.4 is 4.74 Å². The third kappa shape index (κ3) is 4.78. The summed E-state index contributed by atoms with van der Waals surface area (Å²) in [6.07, 6.45) is -2.59. The SMILES string of the molecule is [2H]C([2H])(Cc1nc(-c2ccccc2)oc1C)Oc1ccc(C(O)C(OC)C(=O)OC)c2sccc12. The maximum Gasteiger partial charge on any atom is 0.338 e. The summed E-state index contributed by atoms with van der Waals surface area (Å²) < 4.78 is 39.0. The van der Waals surface area contributed by atoms with Crippen LogP contribution in [0.15, 0.2) is 58.3 Å². The zero-order chi connectivity index (χ0) is 25.2. The number of aliphatic hydroxyl groups is 1. The number of nitrogens with zero attached hydrogens (tertiary/aromatic N) is 1. The lowest BCUT2D eigenvalue weighted by Gasteiger charge is -2.20. The highest BCUT2D eigenvalue weighted by molar-refractivity contribution is 7.17. The van der Waals surface area contributed by atoms with Crippen molar-refractivity contribution in [1.82, 2.24) is 4.98 Å². The monoisotopic (exact) mass is 469 g/mol. The molecule has 0 radical (unpaired) electrons. The molecule has 7 nitrogen and oxygen atoms in total. The van der Waals surface area contributed by atoms with Gasteiger partial charge in [-0.25, -0.2) is 9.78 Å². The Morgan fingerprint density at radius 3 is 2.73 bits per heavy atom. The molecule has 0 saturated heterocycles. The van der Waals surface area contributed by atoms with E-state index in [0.717, 1.165) is 5.56 Å². The van der Waals surface area contributed by atoms with Gasteiger partial charge in [-0.1, -0.05) is 24.3 Å². The smallest absolute Gasteiger partial charge is 0.338 e. The van der Waals surface area contributed by atoms with Gasteiger partial charge in [-0.3, -0.25) is 0 Å². The lowest BCUT2D eigenvalue weighted by molar-refractivity contribution is -0.159. The number of aliphatic hydroxyl groups excluding tert-OH is 1. The molecule has 2 atom stereocenters. The quantitative estimate of drug-likeness (QED) is 0.355. The maximum absolute atomic E-state index is 12.0. The average Bonchev–Trinajstić information content (AvgIpc) is 3.47. The molecule has 0 bridgehead atoms. The van der Waals surface area contributed by atoms with Gasteiger partial charge in [-0.05, 0) is 36.6 Å². The van der Waals surface area contributed by atoms with Crippen LogP contribution in [0.25, 0.3) is 21.5 Å². The molecule has 0 spiro atoms. The van der Waals surface area contributed by atoms with Crippen LogP contribution in [0.2, 0.25) is 0 Å². The molecule has 0 fully saturated rings. The topological polar surface area (TPSA) is 91.0 Å². The number of fused-ring (bicyclic) bond motifs is 1. The van der Waals surface area contributed by atoms with Gasteiger partial charge in [0.15, 0.2) is 6.10 Å². The fourth-order valence-electron chi connectivity index (χ4n) is 3.49. The predicted octanol–water partition coefficient (Wildman–Crippen LogP) is 4.71. The minimum Gasteiger partial charge on any atom is -0.493 e. The number of carbonyl (C=O) groups is 1. The van der Waals surface area contributed by atoms with E-state index in [-0.39, 0.29) is 6.42 Å². The number of hydrogen-bond donors (Lipinski definition) is 1. The first-order valence-electron chi connectivity index (χ1n) is 11.2. The largest absolute Gasteiger partial charge is 0.493 e. The molecule has 2 unspecified atom stereocenters. The van der Waals surface area contributed by atoms with Crippen LogP contribution in [-0.4, -0.2) is 42.9 Å². The summed E-state index contributed by atoms with van der Waals surface area (Å²) in [7, 11) is 2.54. The van der Waals surface area contributed by atoms with Crippen LogP contribution in [0, 0.1) is 6.92 Å². The molecule has 4 rings (SSSR count). The molecule has 2 aromatic heterocycles. The highest BCUT2D eigenvalue weighted by Crippen LogP contribution is 2.37. The molecule has 0 aliphatic rings. The highest BCUT2D eigenvalue weighted by atomic mass is 32.1. The summed E-state index contributed by atoms with van der Waals surface area (Å²) in [5.41, 5.74) is 1.72. The van der Waals surface area contributed by atoms with E-state index in [0.29, 0.717) is 38.7 Å². The number of oxazole rings is 1. The van der Waals surface area contributed by atoms with Crippen molar-refractivity contribution >= 4 is 27.4 Å². The molecule has 0 amide bonds. The maximum atomic E-state index is 12.0. The number of ether oxygens (including phenoxy) is 3. The number of benzene rings is 2. The third-order valence-electron chi connectivity index (χ3n) is 5.24. The van der Waals surface area contributed by atoms with Gasteiger partial charge in [-0.15, -0.1) is 11.3 Å². The summed E-state index contributed by atoms with van der Waals surface area (Å²) in [5.74, 6) is 0.549. The number of thiophene rings is 1. The van der Waals surface area contributed by atoms with E-state index < -0.39 is 24.7 Å². The number of carbonyl (C=O) groups excluding carboxylic acids is 1. The third-order valence-corrected chi connectivity index (χ3v) is 6.20. The standard InChI is InChI=1S/C25H25NO6S/c1-15-19(26-24(32-15)16-7-5-4-6-8-16)11-13-31-20-10-9-18(23-17(20)12-14-33-23)21(27)22(29-2)25(28)30-3/h4-10,12,14,21-22,27H,11,13H2,1-3H3/i13D2. The van der Waals surface area contributed by atoms with Gasteiger partial charge in [-0.2, -0.15) is 0 Å². The summed E-state index contributed by atoms with van der Waals surface area (Å²) in [4.78, 5) is 16.5. The Kier molecular flexibility index (Phi) is 6.29. The first-order chi connectivity index (χ1) is 16.7. The van der Waals surface area contributed by atoms with E-state index >= 15 is 0 Å². The molecule has 1 N–H and O–H groups in total. The van der Waals surface area contributed by atoms with Crippen LogP contribution in [0.5, 0.6) is 5.75 Å². The van der Waals surface area contributed by atoms with E-state index in [9.17, 15) is 9.90 Å². The first kappa shape index (κ1) is 20.4. The molecule has 0 saturated carbocycles. The van der Waals surface area contributed by atoms with Crippen molar-refractivity contribution in [3.63, 3.8) is 0 Å². The fraction of sp³-hybridized carbons (Fsp3) is 0.280. The zero-order valence-corrected chi connectivity index (χ0v) is 19.2. The number of esters is 1. The number of methoxy groups -OCH3 is 2. The second-order valence-corrected chi connectivity index (χ2v) is 8.17. The molecule has 172 valence electrons. The van der Waals surface area contributed by atoms with Crippen LogP contribution in [-0.2, 0) is 20.7 Å². The normalized spacial score (nSPS) is 14.4. The lowest BCUT2D eigenvalue weighted by atomic mass is 10.0. The first-order valence-corrected chi connectivity index (χ1v) is 11.1. The fourth-order valence-corrected chi connectivity index (χ4v) is 4.45. The predicted molar refractivity (Wildman–Crippen MR) is 125 cm³/mol. The number of hydrogen-bond acceptors (Lipinski definition) is 8. The van der Waals surface area contributed by atoms with Crippen molar-refractivity contribution in [2.24, 2.45) is 0 Å². The van der Waals surface area contributed by atoms with Gasteiger partial charge >= 0.3 is 5.97 Å². The van der Waals surface area contributed by atoms with Crippen molar-refractivity contribution in [2.75, 3.05) is 20.8 Å². The van der Waals surface area contributed by atoms with Crippen molar-refractivity contribution in [1.29, 1.82) is 0 Å². The Morgan fingerprint density at radius 2 is 2.00 bits per heavy atom. The van der Waals surface area contributed by atoms with Crippen LogP contribution >= 0.6 is 11.3 Å². The van der Waals surface area contributed by atoms with Crippen LogP contribution in [0.3, 0.4) is 0 Å². The lowest BCUT2D eigenvalue weighted by Crippen LogP contribution is -2.31. The molecular weight excluding hydrogens is 442 g/mol. The number of aryl methyl sites for hydroxylation is 2. The minimum atomic E-state index is -2.09. The van der Waals surface area contributed by atoms with Crippen molar-refractivity contribution in [2.45, 2.75) is 25.6 Å². The van der Waals surface area contributed by atoms with E-state index in [1.807, 2.05) is 30.3 Å². The molecule has 4 aromatic rings. The van der Waals surface area contributed by atoms with Gasteiger partial charge in [0.1, 0.15) is 17.6 Å². The minimum absolute atomic E-state index is 0.126. The van der Waals surface area contributed by atoms with Crippen LogP contribution in [0.1, 0.15) is 25.9 Å². The summed E-state index contributed by atoms with van der Waals surface area (Å²) in [6.45, 7) is -0.350. The molecule has 2 aromatic carbocycles. The molecule has 0 aliphatic heterocycles. The molecular formula is C25H25NO6S. The van der Waals surface area contributed by atoms with E-state index in [1.54, 1.807) is 30.5 Å². The van der Waals surface area contributed by atoms with Gasteiger partial charge in [0.2, 0.25) is 5.89 Å².